The topological polar surface area (TPSA) is 82.1 Å². The molecule has 0 aromatic carbocycles. The summed E-state index contributed by atoms with van der Waals surface area (Å²) in [6.07, 6.45) is 43.9. The van der Waals surface area contributed by atoms with Crippen molar-refractivity contribution in [2.45, 2.75) is 212 Å². The molecule has 0 N–H and O–H groups in total. The maximum atomic E-state index is 12.6. The Kier molecular flexibility index (Phi) is 33.3. The monoisotopic (exact) mass is 718 g/mol. The van der Waals surface area contributed by atoms with Crippen LogP contribution in [0.2, 0.25) is 0 Å². The molecule has 0 aliphatic carbocycles. The van der Waals surface area contributed by atoms with Gasteiger partial charge in [0.15, 0.2) is 0 Å². The highest BCUT2D eigenvalue weighted by molar-refractivity contribution is 5.71. The van der Waals surface area contributed by atoms with Gasteiger partial charge in [-0.05, 0) is 117 Å². The maximum absolute atomic E-state index is 12.6. The van der Waals surface area contributed by atoms with Crippen LogP contribution in [0, 0.1) is 0 Å². The Morgan fingerprint density at radius 2 is 0.922 bits per heavy atom. The molecular weight excluding hydrogens is 638 g/mol. The Bertz CT molecular complexity index is 829. The maximum Gasteiger partial charge on any atom is 0.308 e. The minimum absolute atomic E-state index is 0.0130. The lowest BCUT2D eigenvalue weighted by atomic mass is 10.0. The van der Waals surface area contributed by atoms with Crippen molar-refractivity contribution < 1.29 is 28.6 Å². The molecule has 0 fully saturated rings. The van der Waals surface area contributed by atoms with Gasteiger partial charge in [-0.3, -0.25) is 14.4 Å². The standard InChI is InChI=1S/C44H79NO6/c1-45(2)39-33-38-44(48)51-41-34-29-25-21-17-13-9-5-3-7-11-15-19-23-27-31-36-42(46)49-40-50-43(47)37-32-28-24-20-16-12-8-4-6-10-14-18-22-26-30-35-41/h3-4,7-8,41H,5-6,9-40H2,1-2H3/b7-3-,8-4-. The smallest absolute Gasteiger partial charge is 0.308 e. The van der Waals surface area contributed by atoms with Crippen molar-refractivity contribution in [3.8, 4) is 0 Å². The summed E-state index contributed by atoms with van der Waals surface area (Å²) in [5.74, 6) is -0.573. The van der Waals surface area contributed by atoms with E-state index in [9.17, 15) is 14.4 Å². The fourth-order valence-electron chi connectivity index (χ4n) is 6.63. The van der Waals surface area contributed by atoms with Crippen LogP contribution in [-0.2, 0) is 28.6 Å². The van der Waals surface area contributed by atoms with E-state index >= 15 is 0 Å². The molecule has 1 rings (SSSR count). The van der Waals surface area contributed by atoms with Crippen LogP contribution in [0.15, 0.2) is 24.3 Å². The summed E-state index contributed by atoms with van der Waals surface area (Å²) in [6, 6.07) is 0. The number of carbonyl (C=O) groups is 3. The predicted molar refractivity (Wildman–Crippen MR) is 212 cm³/mol. The number of ether oxygens (including phenoxy) is 3. The van der Waals surface area contributed by atoms with Crippen LogP contribution >= 0.6 is 0 Å². The molecule has 1 aliphatic heterocycles. The zero-order valence-corrected chi connectivity index (χ0v) is 33.3. The number of carbonyl (C=O) groups excluding carboxylic acids is 3. The van der Waals surface area contributed by atoms with Gasteiger partial charge in [0.05, 0.1) is 0 Å². The summed E-state index contributed by atoms with van der Waals surface area (Å²) in [5, 5.41) is 0. The molecule has 7 nitrogen and oxygen atoms in total. The molecule has 0 bridgehead atoms. The average Bonchev–Trinajstić information content (AvgIpc) is 3.10. The molecule has 296 valence electrons. The minimum atomic E-state index is -0.280. The third kappa shape index (κ3) is 34.7. The zero-order valence-electron chi connectivity index (χ0n) is 33.3. The van der Waals surface area contributed by atoms with Crippen molar-refractivity contribution in [2.24, 2.45) is 0 Å². The molecule has 0 radical (unpaired) electrons. The van der Waals surface area contributed by atoms with Gasteiger partial charge >= 0.3 is 17.9 Å². The van der Waals surface area contributed by atoms with Gasteiger partial charge in [-0.2, -0.15) is 0 Å². The number of cyclic esters (lactones) is 2. The number of allylic oxidation sites excluding steroid dienone is 4. The molecule has 0 spiro atoms. The minimum Gasteiger partial charge on any atom is -0.462 e. The van der Waals surface area contributed by atoms with E-state index in [-0.39, 0.29) is 30.8 Å². The van der Waals surface area contributed by atoms with E-state index in [0.717, 1.165) is 90.0 Å². The van der Waals surface area contributed by atoms with Crippen LogP contribution in [0.3, 0.4) is 0 Å². The zero-order chi connectivity index (χ0) is 36.9. The third-order valence-corrected chi connectivity index (χ3v) is 9.85. The second-order valence-corrected chi connectivity index (χ2v) is 15.1. The Labute approximate surface area is 314 Å². The normalized spacial score (nSPS) is 22.2. The number of hydrogen-bond acceptors (Lipinski definition) is 7. The molecule has 1 aliphatic rings. The predicted octanol–water partition coefficient (Wildman–Crippen LogP) is 12.1. The molecular formula is C44H79NO6. The van der Waals surface area contributed by atoms with E-state index in [1.165, 1.54) is 103 Å². The van der Waals surface area contributed by atoms with E-state index in [4.69, 9.17) is 14.2 Å². The van der Waals surface area contributed by atoms with Crippen LogP contribution in [0.25, 0.3) is 0 Å². The van der Waals surface area contributed by atoms with Gasteiger partial charge in [0.1, 0.15) is 6.10 Å². The molecule has 7 heteroatoms. The lowest BCUT2D eigenvalue weighted by molar-refractivity contribution is -0.167. The molecule has 0 amide bonds. The molecule has 0 atom stereocenters. The van der Waals surface area contributed by atoms with Crippen molar-refractivity contribution in [2.75, 3.05) is 27.4 Å². The number of rotatable bonds is 5. The first kappa shape index (κ1) is 46.9. The molecule has 1 heterocycles. The highest BCUT2D eigenvalue weighted by atomic mass is 16.7. The first-order valence-corrected chi connectivity index (χ1v) is 21.4. The lowest BCUT2D eigenvalue weighted by Gasteiger charge is -2.18. The molecule has 51 heavy (non-hydrogen) atoms. The van der Waals surface area contributed by atoms with Gasteiger partial charge in [-0.25, -0.2) is 0 Å². The summed E-state index contributed by atoms with van der Waals surface area (Å²) in [5.41, 5.74) is 0. The Balaban J connectivity index is 2.39. The fourth-order valence-corrected chi connectivity index (χ4v) is 6.63. The van der Waals surface area contributed by atoms with Gasteiger partial charge < -0.3 is 19.1 Å². The van der Waals surface area contributed by atoms with Crippen molar-refractivity contribution >= 4 is 17.9 Å². The summed E-state index contributed by atoms with van der Waals surface area (Å²) in [6.45, 7) is 0.670. The summed E-state index contributed by atoms with van der Waals surface area (Å²) in [7, 11) is 4.10. The summed E-state index contributed by atoms with van der Waals surface area (Å²) < 4.78 is 16.2. The fraction of sp³-hybridized carbons (Fsp3) is 0.841. The van der Waals surface area contributed by atoms with Gasteiger partial charge in [-0.1, -0.05) is 114 Å². The SMILES string of the molecule is CN(C)CCCC(=O)OC1CCCCCCCC/C=C\CCCCCCCC(=O)OCOC(=O)CCCCCCC/C=C\CCCCCCCC1. The van der Waals surface area contributed by atoms with Crippen molar-refractivity contribution in [3.05, 3.63) is 24.3 Å². The van der Waals surface area contributed by atoms with Crippen LogP contribution in [0.4, 0.5) is 0 Å². The van der Waals surface area contributed by atoms with Crippen LogP contribution in [0.5, 0.6) is 0 Å². The van der Waals surface area contributed by atoms with Crippen molar-refractivity contribution in [3.63, 3.8) is 0 Å². The molecule has 0 saturated carbocycles. The largest absolute Gasteiger partial charge is 0.462 e. The summed E-state index contributed by atoms with van der Waals surface area (Å²) >= 11 is 0. The second-order valence-electron chi connectivity index (χ2n) is 15.1. The first-order valence-electron chi connectivity index (χ1n) is 21.4. The molecule has 0 aromatic rings. The number of nitrogens with zero attached hydrogens (tertiary/aromatic N) is 1. The quantitative estimate of drug-likeness (QED) is 0.207. The third-order valence-electron chi connectivity index (χ3n) is 9.85. The first-order chi connectivity index (χ1) is 25.0. The number of esters is 3. The van der Waals surface area contributed by atoms with Gasteiger partial charge in [-0.15, -0.1) is 0 Å². The van der Waals surface area contributed by atoms with Crippen LogP contribution < -0.4 is 0 Å². The van der Waals surface area contributed by atoms with Crippen LogP contribution in [0.1, 0.15) is 205 Å². The Morgan fingerprint density at radius 1 is 0.569 bits per heavy atom. The average molecular weight is 718 g/mol. The van der Waals surface area contributed by atoms with E-state index in [1.807, 2.05) is 14.1 Å². The molecule has 0 saturated heterocycles. The second kappa shape index (κ2) is 36.2. The van der Waals surface area contributed by atoms with Gasteiger partial charge in [0.25, 0.3) is 0 Å². The molecule has 0 aromatic heterocycles. The van der Waals surface area contributed by atoms with E-state index in [2.05, 4.69) is 29.2 Å². The lowest BCUT2D eigenvalue weighted by Crippen LogP contribution is -2.20. The highest BCUT2D eigenvalue weighted by Gasteiger charge is 2.14. The Hall–Kier alpha value is -2.15. The van der Waals surface area contributed by atoms with Crippen molar-refractivity contribution in [1.82, 2.24) is 4.90 Å². The van der Waals surface area contributed by atoms with Gasteiger partial charge in [0.2, 0.25) is 6.79 Å². The highest BCUT2D eigenvalue weighted by Crippen LogP contribution is 2.19. The van der Waals surface area contributed by atoms with Crippen LogP contribution in [-0.4, -0.2) is 56.3 Å². The van der Waals surface area contributed by atoms with E-state index < -0.39 is 0 Å². The molecule has 0 unspecified atom stereocenters. The number of hydrogen-bond donors (Lipinski definition) is 0. The summed E-state index contributed by atoms with van der Waals surface area (Å²) in [4.78, 5) is 38.5. The van der Waals surface area contributed by atoms with E-state index in [1.54, 1.807) is 0 Å². The van der Waals surface area contributed by atoms with E-state index in [0.29, 0.717) is 19.3 Å². The Morgan fingerprint density at radius 3 is 1.31 bits per heavy atom. The van der Waals surface area contributed by atoms with Crippen molar-refractivity contribution in [1.29, 1.82) is 0 Å². The van der Waals surface area contributed by atoms with Gasteiger partial charge in [0, 0.05) is 19.3 Å².